The second-order valence-corrected chi connectivity index (χ2v) is 10.5. The first-order valence-electron chi connectivity index (χ1n) is 9.64. The Kier molecular flexibility index (Phi) is 6.26. The molecule has 1 aliphatic rings. The molecule has 174 valence electrons. The number of halogens is 3. The third-order valence-electron chi connectivity index (χ3n) is 5.40. The van der Waals surface area contributed by atoms with E-state index in [0.29, 0.717) is 0 Å². The maximum atomic E-state index is 15.3. The van der Waals surface area contributed by atoms with Gasteiger partial charge in [0.1, 0.15) is 27.6 Å². The van der Waals surface area contributed by atoms with E-state index in [1.807, 2.05) is 0 Å². The summed E-state index contributed by atoms with van der Waals surface area (Å²) < 4.78 is 73.4. The van der Waals surface area contributed by atoms with Crippen molar-refractivity contribution < 1.29 is 26.3 Å². The van der Waals surface area contributed by atoms with Crippen LogP contribution in [0.2, 0.25) is 0 Å². The summed E-state index contributed by atoms with van der Waals surface area (Å²) in [5.41, 5.74) is 0.661. The molecule has 33 heavy (non-hydrogen) atoms. The van der Waals surface area contributed by atoms with E-state index in [4.69, 9.17) is 16.9 Å². The number of alkyl halides is 1. The van der Waals surface area contributed by atoms with Gasteiger partial charge in [-0.2, -0.15) is 0 Å². The van der Waals surface area contributed by atoms with Crippen molar-refractivity contribution in [3.8, 4) is 18.2 Å². The number of amidine groups is 1. The third kappa shape index (κ3) is 4.18. The molecular weight excluding hydrogens is 457 g/mol. The number of nitrogens with two attached hydrogens (primary N) is 1. The molecule has 0 bridgehead atoms. The predicted molar refractivity (Wildman–Crippen MR) is 119 cm³/mol. The lowest BCUT2D eigenvalue weighted by atomic mass is 9.90. The zero-order valence-electron chi connectivity index (χ0n) is 18.0. The summed E-state index contributed by atoms with van der Waals surface area (Å²) in [5.74, 6) is 0.259. The Bertz CT molecular complexity index is 1280. The first-order chi connectivity index (χ1) is 15.3. The van der Waals surface area contributed by atoms with Gasteiger partial charge in [-0.15, -0.1) is 6.42 Å². The van der Waals surface area contributed by atoms with E-state index in [-0.39, 0.29) is 35.1 Å². The van der Waals surface area contributed by atoms with Gasteiger partial charge in [0.25, 0.3) is 0 Å². The summed E-state index contributed by atoms with van der Waals surface area (Å²) in [6, 6.07) is 3.32. The van der Waals surface area contributed by atoms with Crippen molar-refractivity contribution in [3.63, 3.8) is 0 Å². The van der Waals surface area contributed by atoms with Crippen LogP contribution in [0.3, 0.4) is 0 Å². The highest BCUT2D eigenvalue weighted by molar-refractivity contribution is 7.94. The highest BCUT2D eigenvalue weighted by Crippen LogP contribution is 2.44. The van der Waals surface area contributed by atoms with E-state index < -0.39 is 37.3 Å². The van der Waals surface area contributed by atoms with Crippen molar-refractivity contribution in [1.82, 2.24) is 9.97 Å². The van der Waals surface area contributed by atoms with Crippen LogP contribution >= 0.6 is 0 Å². The summed E-state index contributed by atoms with van der Waals surface area (Å²) >= 11 is 0. The van der Waals surface area contributed by atoms with Crippen molar-refractivity contribution in [3.05, 3.63) is 53.2 Å². The number of aromatic nitrogens is 2. The van der Waals surface area contributed by atoms with Crippen LogP contribution in [0.15, 0.2) is 35.6 Å². The average molecular weight is 478 g/mol. The summed E-state index contributed by atoms with van der Waals surface area (Å²) in [4.78, 5) is 11.8. The fraction of sp³-hybridized carbons (Fsp3) is 0.318. The van der Waals surface area contributed by atoms with Gasteiger partial charge < -0.3 is 10.5 Å². The highest BCUT2D eigenvalue weighted by Gasteiger charge is 2.57. The average Bonchev–Trinajstić information content (AvgIpc) is 2.77. The van der Waals surface area contributed by atoms with Crippen LogP contribution < -0.4 is 10.5 Å². The second-order valence-electron chi connectivity index (χ2n) is 7.98. The quantitative estimate of drug-likeness (QED) is 0.662. The van der Waals surface area contributed by atoms with Gasteiger partial charge in [-0.05, 0) is 44.5 Å². The van der Waals surface area contributed by atoms with Gasteiger partial charge in [-0.25, -0.2) is 31.6 Å². The van der Waals surface area contributed by atoms with Gasteiger partial charge in [0.05, 0.1) is 12.4 Å². The van der Waals surface area contributed by atoms with Crippen LogP contribution in [-0.2, 0) is 15.4 Å². The lowest BCUT2D eigenvalue weighted by Crippen LogP contribution is -2.58. The maximum absolute atomic E-state index is 15.3. The summed E-state index contributed by atoms with van der Waals surface area (Å²) in [6.07, 6.45) is 8.38. The van der Waals surface area contributed by atoms with Crippen LogP contribution in [0, 0.1) is 18.2 Å². The molecule has 0 spiro atoms. The molecule has 0 saturated heterocycles. The Morgan fingerprint density at radius 3 is 2.61 bits per heavy atom. The van der Waals surface area contributed by atoms with E-state index >= 15 is 4.39 Å². The van der Waals surface area contributed by atoms with Crippen LogP contribution in [0.4, 0.5) is 13.2 Å². The monoisotopic (exact) mass is 478 g/mol. The molecular formula is C22H21F3N4O3S. The topological polar surface area (TPSA) is 108 Å². The zero-order chi connectivity index (χ0) is 24.6. The van der Waals surface area contributed by atoms with Crippen molar-refractivity contribution in [2.45, 2.75) is 36.6 Å². The highest BCUT2D eigenvalue weighted by atomic mass is 32.2. The lowest BCUT2D eigenvalue weighted by molar-refractivity contribution is 0.267. The van der Waals surface area contributed by atoms with E-state index in [9.17, 15) is 17.2 Å². The van der Waals surface area contributed by atoms with Gasteiger partial charge in [0.15, 0.2) is 22.3 Å². The second kappa shape index (κ2) is 8.51. The van der Waals surface area contributed by atoms with Gasteiger partial charge in [0, 0.05) is 5.56 Å². The first-order valence-corrected chi connectivity index (χ1v) is 11.2. The Balaban J connectivity index is 2.02. The molecule has 0 aliphatic carbocycles. The molecule has 0 unspecified atom stereocenters. The van der Waals surface area contributed by atoms with Gasteiger partial charge in [0.2, 0.25) is 11.4 Å². The lowest BCUT2D eigenvalue weighted by Gasteiger charge is -2.40. The molecule has 2 N–H and O–H groups in total. The minimum absolute atomic E-state index is 0.0288. The molecule has 11 heteroatoms. The Hall–Kier alpha value is -3.39. The number of rotatable bonds is 5. The number of sulfone groups is 1. The van der Waals surface area contributed by atoms with E-state index in [0.717, 1.165) is 31.3 Å². The number of ether oxygens (including phenoxy) is 1. The Labute approximate surface area is 189 Å². The molecule has 2 aromatic rings. The Morgan fingerprint density at radius 2 is 2.00 bits per heavy atom. The van der Waals surface area contributed by atoms with E-state index in [1.54, 1.807) is 0 Å². The zero-order valence-corrected chi connectivity index (χ0v) is 18.8. The number of aliphatic imine (C=N–C) groups is 1. The molecule has 1 aromatic heterocycles. The standard InChI is InChI=1S/C22H21F3N4O3S/c1-5-8-32-18-12-27-17(11-28-18)16(24)10-13-6-7-15(23)14(9-13)22(4)19(25)33(30,31)21(2,3)20(26)29-22/h1,6-7,9-12,19H,8H2,2-4H3,(H2,26,29)/b16-10-/t19-,22+/m0/s1. The molecule has 7 nitrogen and oxygen atoms in total. The SMILES string of the molecule is C#CCOc1cnc(/C(F)=C/c2ccc(F)c([C@@]3(C)N=C(N)C(C)(C)S(=O)(=O)[C@@H]3F)c2)cn1. The molecule has 3 rings (SSSR count). The molecule has 0 saturated carbocycles. The van der Waals surface area contributed by atoms with Crippen molar-refractivity contribution in [2.24, 2.45) is 10.7 Å². The normalized spacial score (nSPS) is 24.0. The fourth-order valence-corrected chi connectivity index (χ4v) is 4.83. The third-order valence-corrected chi connectivity index (χ3v) is 8.04. The maximum Gasteiger partial charge on any atom is 0.233 e. The number of hydrogen-bond donors (Lipinski definition) is 1. The minimum Gasteiger partial charge on any atom is -0.463 e. The molecule has 0 fully saturated rings. The number of benzene rings is 1. The number of nitrogens with zero attached hydrogens (tertiary/aromatic N) is 3. The summed E-state index contributed by atoms with van der Waals surface area (Å²) in [5, 5.41) is 0. The summed E-state index contributed by atoms with van der Waals surface area (Å²) in [6.45, 7) is 3.54. The van der Waals surface area contributed by atoms with E-state index in [1.165, 1.54) is 26.1 Å². The number of hydrogen-bond acceptors (Lipinski definition) is 7. The smallest absolute Gasteiger partial charge is 0.233 e. The molecule has 0 radical (unpaired) electrons. The van der Waals surface area contributed by atoms with Crippen LogP contribution in [0.1, 0.15) is 37.6 Å². The van der Waals surface area contributed by atoms with Gasteiger partial charge in [-0.3, -0.25) is 4.99 Å². The summed E-state index contributed by atoms with van der Waals surface area (Å²) in [7, 11) is -4.47. The van der Waals surface area contributed by atoms with Gasteiger partial charge >= 0.3 is 0 Å². The van der Waals surface area contributed by atoms with E-state index in [2.05, 4.69) is 20.9 Å². The largest absolute Gasteiger partial charge is 0.463 e. The van der Waals surface area contributed by atoms with Crippen molar-refractivity contribution in [2.75, 3.05) is 6.61 Å². The van der Waals surface area contributed by atoms with Crippen LogP contribution in [-0.4, -0.2) is 41.1 Å². The number of terminal acetylenes is 1. The molecule has 1 aromatic carbocycles. The van der Waals surface area contributed by atoms with Crippen LogP contribution in [0.25, 0.3) is 11.9 Å². The van der Waals surface area contributed by atoms with Gasteiger partial charge in [-0.1, -0.05) is 12.0 Å². The van der Waals surface area contributed by atoms with Crippen molar-refractivity contribution in [1.29, 1.82) is 0 Å². The predicted octanol–water partition coefficient (Wildman–Crippen LogP) is 3.17. The van der Waals surface area contributed by atoms with Crippen molar-refractivity contribution >= 4 is 27.6 Å². The molecule has 2 heterocycles. The fourth-order valence-electron chi connectivity index (χ4n) is 3.20. The minimum atomic E-state index is -4.47. The Morgan fingerprint density at radius 1 is 1.30 bits per heavy atom. The van der Waals surface area contributed by atoms with Crippen LogP contribution in [0.5, 0.6) is 5.88 Å². The molecule has 0 amide bonds. The molecule has 1 aliphatic heterocycles. The molecule has 2 atom stereocenters. The first kappa shape index (κ1) is 24.3.